The Balaban J connectivity index is 2.08. The molecular weight excluding hydrogens is 288 g/mol. The molecule has 0 aromatic carbocycles. The zero-order valence-corrected chi connectivity index (χ0v) is 13.2. The molecule has 0 atom stereocenters. The third kappa shape index (κ3) is 5.22. The van der Waals surface area contributed by atoms with E-state index in [1.807, 2.05) is 0 Å². The molecule has 116 valence electrons. The summed E-state index contributed by atoms with van der Waals surface area (Å²) < 4.78 is 5.15. The molecule has 21 heavy (non-hydrogen) atoms. The van der Waals surface area contributed by atoms with Gasteiger partial charge in [0.25, 0.3) is 0 Å². The largest absolute Gasteiger partial charge is 0.478 e. The van der Waals surface area contributed by atoms with Gasteiger partial charge in [0.2, 0.25) is 0 Å². The summed E-state index contributed by atoms with van der Waals surface area (Å²) in [5.41, 5.74) is 0.824. The van der Waals surface area contributed by atoms with Crippen LogP contribution in [0.3, 0.4) is 0 Å². The molecule has 1 N–H and O–H groups in total. The first-order chi connectivity index (χ1) is 10.2. The SMILES string of the molecule is COCc1nc(CN2CCCCCC2)sc1/C=C/C(=O)O. The molecule has 0 amide bonds. The number of aromatic nitrogens is 1. The number of carbonyl (C=O) groups is 1. The summed E-state index contributed by atoms with van der Waals surface area (Å²) in [5.74, 6) is -0.944. The predicted molar refractivity (Wildman–Crippen MR) is 83.2 cm³/mol. The third-order valence-corrected chi connectivity index (χ3v) is 4.54. The number of carboxylic acid groups (broad SMARTS) is 1. The maximum absolute atomic E-state index is 10.7. The lowest BCUT2D eigenvalue weighted by atomic mass is 10.2. The number of aliphatic carboxylic acids is 1. The van der Waals surface area contributed by atoms with Crippen LogP contribution in [0.15, 0.2) is 6.08 Å². The first-order valence-corrected chi connectivity index (χ1v) is 8.11. The van der Waals surface area contributed by atoms with Crippen molar-refractivity contribution in [1.29, 1.82) is 0 Å². The lowest BCUT2D eigenvalue weighted by Gasteiger charge is -2.17. The standard InChI is InChI=1S/C15H22N2O3S/c1-20-11-12-13(6-7-15(18)19)21-14(16-12)10-17-8-4-2-3-5-9-17/h6-7H,2-5,8-11H2,1H3,(H,18,19)/b7-6+. The fraction of sp³-hybridized carbons (Fsp3) is 0.600. The Bertz CT molecular complexity index is 491. The van der Waals surface area contributed by atoms with E-state index in [0.29, 0.717) is 6.61 Å². The van der Waals surface area contributed by atoms with E-state index in [1.54, 1.807) is 24.5 Å². The van der Waals surface area contributed by atoms with E-state index in [1.165, 1.54) is 25.7 Å². The summed E-state index contributed by atoms with van der Waals surface area (Å²) >= 11 is 1.56. The van der Waals surface area contributed by atoms with Crippen molar-refractivity contribution in [2.75, 3.05) is 20.2 Å². The van der Waals surface area contributed by atoms with Crippen LogP contribution in [0.1, 0.15) is 41.3 Å². The maximum Gasteiger partial charge on any atom is 0.328 e. The molecule has 1 aliphatic rings. The minimum atomic E-state index is -0.944. The minimum absolute atomic E-state index is 0.412. The van der Waals surface area contributed by atoms with Gasteiger partial charge in [0.15, 0.2) is 0 Å². The van der Waals surface area contributed by atoms with Crippen molar-refractivity contribution in [2.24, 2.45) is 0 Å². The molecule has 1 aliphatic heterocycles. The average Bonchev–Trinajstić information content (AvgIpc) is 2.65. The first kappa shape index (κ1) is 16.1. The molecule has 0 unspecified atom stereocenters. The van der Waals surface area contributed by atoms with Gasteiger partial charge in [-0.05, 0) is 32.0 Å². The Hall–Kier alpha value is -1.24. The fourth-order valence-corrected chi connectivity index (χ4v) is 3.50. The van der Waals surface area contributed by atoms with E-state index < -0.39 is 5.97 Å². The maximum atomic E-state index is 10.7. The topological polar surface area (TPSA) is 62.7 Å². The number of methoxy groups -OCH3 is 1. The molecule has 1 fully saturated rings. The van der Waals surface area contributed by atoms with Gasteiger partial charge in [-0.1, -0.05) is 12.8 Å². The Morgan fingerprint density at radius 3 is 2.71 bits per heavy atom. The second-order valence-electron chi connectivity index (χ2n) is 5.21. The Morgan fingerprint density at radius 2 is 2.10 bits per heavy atom. The van der Waals surface area contributed by atoms with Gasteiger partial charge < -0.3 is 9.84 Å². The summed E-state index contributed by atoms with van der Waals surface area (Å²) in [6, 6.07) is 0. The van der Waals surface area contributed by atoms with Crippen LogP contribution < -0.4 is 0 Å². The number of hydrogen-bond acceptors (Lipinski definition) is 5. The van der Waals surface area contributed by atoms with Crippen LogP contribution in [-0.2, 0) is 22.7 Å². The van der Waals surface area contributed by atoms with E-state index in [4.69, 9.17) is 9.84 Å². The van der Waals surface area contributed by atoms with Gasteiger partial charge in [-0.2, -0.15) is 0 Å². The molecule has 0 aliphatic carbocycles. The highest BCUT2D eigenvalue weighted by Crippen LogP contribution is 2.23. The molecule has 1 saturated heterocycles. The molecule has 5 nitrogen and oxygen atoms in total. The number of likely N-dealkylation sites (tertiary alicyclic amines) is 1. The molecule has 0 spiro atoms. The second kappa shape index (κ2) is 8.26. The van der Waals surface area contributed by atoms with E-state index in [0.717, 1.165) is 41.3 Å². The van der Waals surface area contributed by atoms with Crippen molar-refractivity contribution in [3.8, 4) is 0 Å². The van der Waals surface area contributed by atoms with Crippen LogP contribution in [0.4, 0.5) is 0 Å². The van der Waals surface area contributed by atoms with E-state index in [9.17, 15) is 4.79 Å². The number of carboxylic acids is 1. The summed E-state index contributed by atoms with van der Waals surface area (Å²) in [7, 11) is 1.62. The summed E-state index contributed by atoms with van der Waals surface area (Å²) in [4.78, 5) is 18.6. The number of nitrogens with zero attached hydrogens (tertiary/aromatic N) is 2. The van der Waals surface area contributed by atoms with Crippen LogP contribution >= 0.6 is 11.3 Å². The zero-order chi connectivity index (χ0) is 15.1. The highest BCUT2D eigenvalue weighted by molar-refractivity contribution is 7.12. The quantitative estimate of drug-likeness (QED) is 0.819. The molecular formula is C15H22N2O3S. The normalized spacial score (nSPS) is 17.2. The smallest absolute Gasteiger partial charge is 0.328 e. The van der Waals surface area contributed by atoms with Crippen LogP contribution in [0, 0.1) is 0 Å². The van der Waals surface area contributed by atoms with Gasteiger partial charge in [0, 0.05) is 13.2 Å². The Morgan fingerprint density at radius 1 is 1.38 bits per heavy atom. The van der Waals surface area contributed by atoms with Gasteiger partial charge in [-0.25, -0.2) is 9.78 Å². The Labute approximate surface area is 129 Å². The predicted octanol–water partition coefficient (Wildman–Crippen LogP) is 2.76. The molecule has 0 bridgehead atoms. The van der Waals surface area contributed by atoms with Crippen molar-refractivity contribution in [3.05, 3.63) is 21.7 Å². The molecule has 6 heteroatoms. The van der Waals surface area contributed by atoms with Crippen LogP contribution in [-0.4, -0.2) is 41.2 Å². The molecule has 0 saturated carbocycles. The monoisotopic (exact) mass is 310 g/mol. The lowest BCUT2D eigenvalue weighted by Crippen LogP contribution is -2.23. The second-order valence-corrected chi connectivity index (χ2v) is 6.33. The van der Waals surface area contributed by atoms with Crippen LogP contribution in [0.5, 0.6) is 0 Å². The number of rotatable bonds is 6. The van der Waals surface area contributed by atoms with Gasteiger partial charge in [0.05, 0.1) is 23.7 Å². The fourth-order valence-electron chi connectivity index (χ4n) is 2.48. The van der Waals surface area contributed by atoms with Crippen molar-refractivity contribution in [2.45, 2.75) is 38.8 Å². The van der Waals surface area contributed by atoms with Gasteiger partial charge in [0.1, 0.15) is 5.01 Å². The van der Waals surface area contributed by atoms with Crippen LogP contribution in [0.2, 0.25) is 0 Å². The molecule has 1 aromatic heterocycles. The van der Waals surface area contributed by atoms with E-state index in [2.05, 4.69) is 9.88 Å². The number of thiazole rings is 1. The molecule has 2 rings (SSSR count). The summed E-state index contributed by atoms with van der Waals surface area (Å²) in [6.45, 7) is 3.51. The summed E-state index contributed by atoms with van der Waals surface area (Å²) in [6.07, 6.45) is 7.90. The lowest BCUT2D eigenvalue weighted by molar-refractivity contribution is -0.131. The Kier molecular flexibility index (Phi) is 6.35. The van der Waals surface area contributed by atoms with Crippen molar-refractivity contribution >= 4 is 23.4 Å². The van der Waals surface area contributed by atoms with E-state index >= 15 is 0 Å². The summed E-state index contributed by atoms with van der Waals surface area (Å²) in [5, 5.41) is 9.79. The molecule has 0 radical (unpaired) electrons. The van der Waals surface area contributed by atoms with Gasteiger partial charge in [-0.15, -0.1) is 11.3 Å². The molecule has 2 heterocycles. The highest BCUT2D eigenvalue weighted by Gasteiger charge is 2.14. The first-order valence-electron chi connectivity index (χ1n) is 7.30. The highest BCUT2D eigenvalue weighted by atomic mass is 32.1. The van der Waals surface area contributed by atoms with Gasteiger partial charge in [-0.3, -0.25) is 4.90 Å². The van der Waals surface area contributed by atoms with Crippen molar-refractivity contribution < 1.29 is 14.6 Å². The van der Waals surface area contributed by atoms with Crippen LogP contribution in [0.25, 0.3) is 6.08 Å². The third-order valence-electron chi connectivity index (χ3n) is 3.49. The van der Waals surface area contributed by atoms with Crippen molar-refractivity contribution in [1.82, 2.24) is 9.88 Å². The van der Waals surface area contributed by atoms with E-state index in [-0.39, 0.29) is 0 Å². The number of hydrogen-bond donors (Lipinski definition) is 1. The molecule has 1 aromatic rings. The van der Waals surface area contributed by atoms with Gasteiger partial charge >= 0.3 is 5.97 Å². The zero-order valence-electron chi connectivity index (χ0n) is 12.4. The average molecular weight is 310 g/mol. The minimum Gasteiger partial charge on any atom is -0.478 e. The van der Waals surface area contributed by atoms with Crippen molar-refractivity contribution in [3.63, 3.8) is 0 Å². The number of ether oxygens (including phenoxy) is 1.